The molecule has 6 nitrogen and oxygen atoms in total. The molecule has 0 aliphatic rings. The average molecular weight is 392 g/mol. The lowest BCUT2D eigenvalue weighted by molar-refractivity contribution is -0.113. The van der Waals surface area contributed by atoms with Crippen LogP contribution < -0.4 is 10.9 Å². The standard InChI is InChI=1S/C21H20N4O2S/c1-14(2)25-20(27)17-5-3-4-6-18(17)24-21(25)28-13-19(26)23-16-9-7-15(8-10-16)11-12-22/h3-10,14H,11,13H2,1-2H3,(H,23,26). The molecule has 3 rings (SSSR count). The van der Waals surface area contributed by atoms with Gasteiger partial charge < -0.3 is 5.32 Å². The van der Waals surface area contributed by atoms with Crippen LogP contribution in [0.4, 0.5) is 5.69 Å². The minimum absolute atomic E-state index is 0.0668. The number of nitriles is 1. The maximum Gasteiger partial charge on any atom is 0.262 e. The van der Waals surface area contributed by atoms with Crippen molar-refractivity contribution in [2.45, 2.75) is 31.5 Å². The van der Waals surface area contributed by atoms with Gasteiger partial charge in [-0.3, -0.25) is 14.2 Å². The second-order valence-electron chi connectivity index (χ2n) is 6.55. The maximum atomic E-state index is 12.8. The molecule has 142 valence electrons. The van der Waals surface area contributed by atoms with Crippen LogP contribution in [-0.2, 0) is 11.2 Å². The van der Waals surface area contributed by atoms with Crippen molar-refractivity contribution in [3.8, 4) is 6.07 Å². The molecule has 1 aromatic heterocycles. The first-order valence-electron chi connectivity index (χ1n) is 8.89. The Kier molecular flexibility index (Phi) is 6.12. The third kappa shape index (κ3) is 4.41. The summed E-state index contributed by atoms with van der Waals surface area (Å²) in [5.74, 6) is -0.0481. The van der Waals surface area contributed by atoms with E-state index in [9.17, 15) is 9.59 Å². The highest BCUT2D eigenvalue weighted by Gasteiger charge is 2.15. The van der Waals surface area contributed by atoms with E-state index in [1.807, 2.05) is 38.1 Å². The summed E-state index contributed by atoms with van der Waals surface area (Å²) in [6.45, 7) is 3.84. The zero-order valence-electron chi connectivity index (χ0n) is 15.7. The molecule has 28 heavy (non-hydrogen) atoms. The Morgan fingerprint density at radius 2 is 1.93 bits per heavy atom. The second kappa shape index (κ2) is 8.72. The molecule has 0 spiro atoms. The van der Waals surface area contributed by atoms with Crippen molar-refractivity contribution in [2.75, 3.05) is 11.1 Å². The normalized spacial score (nSPS) is 10.8. The van der Waals surface area contributed by atoms with Crippen molar-refractivity contribution in [3.63, 3.8) is 0 Å². The van der Waals surface area contributed by atoms with Crippen LogP contribution in [-0.4, -0.2) is 21.2 Å². The van der Waals surface area contributed by atoms with E-state index in [0.717, 1.165) is 5.56 Å². The Labute approximate surface area is 167 Å². The van der Waals surface area contributed by atoms with E-state index in [2.05, 4.69) is 16.4 Å². The number of hydrogen-bond acceptors (Lipinski definition) is 5. The third-order valence-corrected chi connectivity index (χ3v) is 5.10. The number of thioether (sulfide) groups is 1. The zero-order valence-corrected chi connectivity index (χ0v) is 16.5. The van der Waals surface area contributed by atoms with Crippen LogP contribution >= 0.6 is 11.8 Å². The number of hydrogen-bond donors (Lipinski definition) is 1. The Morgan fingerprint density at radius 1 is 1.21 bits per heavy atom. The van der Waals surface area contributed by atoms with Gasteiger partial charge in [0.25, 0.3) is 5.56 Å². The first kappa shape index (κ1) is 19.6. The highest BCUT2D eigenvalue weighted by atomic mass is 32.2. The lowest BCUT2D eigenvalue weighted by Gasteiger charge is -2.16. The molecule has 1 N–H and O–H groups in total. The summed E-state index contributed by atoms with van der Waals surface area (Å²) >= 11 is 1.24. The van der Waals surface area contributed by atoms with E-state index >= 15 is 0 Å². The Hall–Kier alpha value is -3.11. The molecule has 3 aromatic rings. The molecule has 1 heterocycles. The first-order valence-corrected chi connectivity index (χ1v) is 9.88. The van der Waals surface area contributed by atoms with Crippen LogP contribution in [0.2, 0.25) is 0 Å². The Bertz CT molecular complexity index is 1100. The van der Waals surface area contributed by atoms with E-state index in [1.54, 1.807) is 28.8 Å². The van der Waals surface area contributed by atoms with Crippen molar-refractivity contribution in [2.24, 2.45) is 0 Å². The first-order chi connectivity index (χ1) is 13.5. The smallest absolute Gasteiger partial charge is 0.262 e. The molecule has 0 unspecified atom stereocenters. The number of benzene rings is 2. The number of amides is 1. The van der Waals surface area contributed by atoms with Gasteiger partial charge in [0.1, 0.15) is 0 Å². The molecular weight excluding hydrogens is 372 g/mol. The summed E-state index contributed by atoms with van der Waals surface area (Å²) < 4.78 is 1.62. The van der Waals surface area contributed by atoms with Gasteiger partial charge in [0.15, 0.2) is 5.16 Å². The van der Waals surface area contributed by atoms with Gasteiger partial charge in [-0.15, -0.1) is 0 Å². The summed E-state index contributed by atoms with van der Waals surface area (Å²) in [6, 6.07) is 16.4. The lowest BCUT2D eigenvalue weighted by atomic mass is 10.1. The van der Waals surface area contributed by atoms with E-state index in [0.29, 0.717) is 28.2 Å². The van der Waals surface area contributed by atoms with Gasteiger partial charge in [0, 0.05) is 11.7 Å². The Morgan fingerprint density at radius 3 is 2.61 bits per heavy atom. The van der Waals surface area contributed by atoms with Crippen LogP contribution in [0.1, 0.15) is 25.5 Å². The number of rotatable bonds is 6. The van der Waals surface area contributed by atoms with Gasteiger partial charge >= 0.3 is 0 Å². The fourth-order valence-electron chi connectivity index (χ4n) is 2.81. The lowest BCUT2D eigenvalue weighted by Crippen LogP contribution is -2.25. The van der Waals surface area contributed by atoms with Crippen LogP contribution in [0.5, 0.6) is 0 Å². The van der Waals surface area contributed by atoms with Crippen LogP contribution in [0.3, 0.4) is 0 Å². The second-order valence-corrected chi connectivity index (χ2v) is 7.49. The number of aromatic nitrogens is 2. The minimum Gasteiger partial charge on any atom is -0.325 e. The average Bonchev–Trinajstić information content (AvgIpc) is 2.68. The number of nitrogens with zero attached hydrogens (tertiary/aromatic N) is 3. The summed E-state index contributed by atoms with van der Waals surface area (Å²) in [7, 11) is 0. The van der Waals surface area contributed by atoms with Gasteiger partial charge in [-0.1, -0.05) is 36.0 Å². The number of carbonyl (C=O) groups is 1. The Balaban J connectivity index is 1.75. The molecule has 0 fully saturated rings. The quantitative estimate of drug-likeness (QED) is 0.510. The van der Waals surface area contributed by atoms with Gasteiger partial charge in [-0.05, 0) is 43.7 Å². The molecule has 1 amide bonds. The molecule has 0 aliphatic carbocycles. The molecule has 0 saturated carbocycles. The highest BCUT2D eigenvalue weighted by molar-refractivity contribution is 7.99. The molecule has 0 aliphatic heterocycles. The van der Waals surface area contributed by atoms with Gasteiger partial charge in [-0.25, -0.2) is 4.98 Å². The van der Waals surface area contributed by atoms with Crippen molar-refractivity contribution in [3.05, 3.63) is 64.4 Å². The zero-order chi connectivity index (χ0) is 20.1. The summed E-state index contributed by atoms with van der Waals surface area (Å²) in [6.07, 6.45) is 0.338. The van der Waals surface area contributed by atoms with Crippen LogP contribution in [0, 0.1) is 11.3 Å². The minimum atomic E-state index is -0.184. The fourth-order valence-corrected chi connectivity index (χ4v) is 3.74. The molecule has 7 heteroatoms. The highest BCUT2D eigenvalue weighted by Crippen LogP contribution is 2.21. The molecular formula is C21H20N4O2S. The van der Waals surface area contributed by atoms with Gasteiger partial charge in [-0.2, -0.15) is 5.26 Å². The molecule has 0 saturated heterocycles. The van der Waals surface area contributed by atoms with Crippen molar-refractivity contribution in [1.82, 2.24) is 9.55 Å². The van der Waals surface area contributed by atoms with Crippen LogP contribution in [0.25, 0.3) is 10.9 Å². The van der Waals surface area contributed by atoms with E-state index < -0.39 is 0 Å². The SMILES string of the molecule is CC(C)n1c(SCC(=O)Nc2ccc(CC#N)cc2)nc2ccccc2c1=O. The number of para-hydroxylation sites is 1. The van der Waals surface area contributed by atoms with Gasteiger partial charge in [0.2, 0.25) is 5.91 Å². The third-order valence-electron chi connectivity index (χ3n) is 4.15. The van der Waals surface area contributed by atoms with Crippen molar-refractivity contribution in [1.29, 1.82) is 5.26 Å². The monoisotopic (exact) mass is 392 g/mol. The number of nitrogens with one attached hydrogen (secondary N) is 1. The van der Waals surface area contributed by atoms with Crippen molar-refractivity contribution >= 4 is 34.3 Å². The summed E-state index contributed by atoms with van der Waals surface area (Å²) in [5, 5.41) is 12.6. The van der Waals surface area contributed by atoms with E-state index in [1.165, 1.54) is 11.8 Å². The molecule has 2 aromatic carbocycles. The predicted octanol–water partition coefficient (Wildman–Crippen LogP) is 3.77. The summed E-state index contributed by atoms with van der Waals surface area (Å²) in [5.41, 5.74) is 2.09. The van der Waals surface area contributed by atoms with E-state index in [4.69, 9.17) is 5.26 Å². The molecule has 0 bridgehead atoms. The molecule has 0 radical (unpaired) electrons. The van der Waals surface area contributed by atoms with E-state index in [-0.39, 0.29) is 23.3 Å². The number of carbonyl (C=O) groups excluding carboxylic acids is 1. The topological polar surface area (TPSA) is 87.8 Å². The van der Waals surface area contributed by atoms with Gasteiger partial charge in [0.05, 0.1) is 29.1 Å². The largest absolute Gasteiger partial charge is 0.325 e. The van der Waals surface area contributed by atoms with Crippen LogP contribution in [0.15, 0.2) is 58.5 Å². The predicted molar refractivity (Wildman–Crippen MR) is 112 cm³/mol. The fraction of sp³-hybridized carbons (Fsp3) is 0.238. The number of fused-ring (bicyclic) bond motifs is 1. The van der Waals surface area contributed by atoms with Crippen molar-refractivity contribution < 1.29 is 4.79 Å². The number of anilines is 1. The maximum absolute atomic E-state index is 12.8. The summed E-state index contributed by atoms with van der Waals surface area (Å²) in [4.78, 5) is 29.7. The molecule has 0 atom stereocenters.